The summed E-state index contributed by atoms with van der Waals surface area (Å²) in [4.78, 5) is 30.9. The van der Waals surface area contributed by atoms with Crippen molar-refractivity contribution in [1.82, 2.24) is 10.3 Å². The van der Waals surface area contributed by atoms with E-state index in [1.54, 1.807) is 30.2 Å². The Labute approximate surface area is 164 Å². The number of nitrogens with zero attached hydrogens (tertiary/aromatic N) is 2. The number of aryl methyl sites for hydroxylation is 1. The number of ether oxygens (including phenoxy) is 1. The fraction of sp³-hybridized carbons (Fsp3) is 0.381. The van der Waals surface area contributed by atoms with Crippen LogP contribution < -0.4 is 10.2 Å². The Morgan fingerprint density at radius 2 is 2.11 bits per heavy atom. The number of rotatable bonds is 5. The van der Waals surface area contributed by atoms with Gasteiger partial charge in [0.05, 0.1) is 17.3 Å². The van der Waals surface area contributed by atoms with Gasteiger partial charge in [0.25, 0.3) is 5.91 Å². The first-order valence-corrected chi connectivity index (χ1v) is 9.19. The number of amides is 2. The summed E-state index contributed by atoms with van der Waals surface area (Å²) in [5.41, 5.74) is 2.85. The number of pyridine rings is 1. The number of hydrogen-bond acceptors (Lipinski definition) is 5. The number of aliphatic hydroxyl groups is 1. The second kappa shape index (κ2) is 7.59. The number of cyclic esters (lactones) is 1. The number of hydrogen-bond donors (Lipinski definition) is 2. The van der Waals surface area contributed by atoms with E-state index in [-0.39, 0.29) is 19.1 Å². The number of anilines is 1. The number of benzene rings is 1. The van der Waals surface area contributed by atoms with Crippen molar-refractivity contribution < 1.29 is 19.4 Å². The Bertz CT molecular complexity index is 891. The van der Waals surface area contributed by atoms with Gasteiger partial charge in [-0.05, 0) is 57.5 Å². The van der Waals surface area contributed by atoms with Crippen LogP contribution >= 0.6 is 0 Å². The Morgan fingerprint density at radius 3 is 2.68 bits per heavy atom. The van der Waals surface area contributed by atoms with E-state index >= 15 is 0 Å². The van der Waals surface area contributed by atoms with E-state index in [2.05, 4.69) is 10.3 Å². The molecule has 0 saturated carbocycles. The van der Waals surface area contributed by atoms with Crippen molar-refractivity contribution in [2.75, 3.05) is 18.1 Å². The number of aromatic nitrogens is 1. The van der Waals surface area contributed by atoms with Gasteiger partial charge in [-0.1, -0.05) is 6.07 Å². The van der Waals surface area contributed by atoms with Crippen LogP contribution in [0.5, 0.6) is 0 Å². The van der Waals surface area contributed by atoms with Gasteiger partial charge >= 0.3 is 6.09 Å². The zero-order valence-corrected chi connectivity index (χ0v) is 16.5. The average Bonchev–Trinajstić information content (AvgIpc) is 2.92. The van der Waals surface area contributed by atoms with Gasteiger partial charge in [-0.25, -0.2) is 4.79 Å². The predicted octanol–water partition coefficient (Wildman–Crippen LogP) is 2.90. The molecule has 2 heterocycles. The standard InChI is InChI=1S/C21H25N3O4/c1-13-5-6-18(22-10-13)15-7-16(19(26)23-11-14(2)25)9-17(8-15)24-20(27)28-12-21(24,3)4/h5-10,14,25H,11-12H2,1-4H3,(H,23,26)/t14-/m0/s1. The smallest absolute Gasteiger partial charge is 0.414 e. The first-order chi connectivity index (χ1) is 13.2. The van der Waals surface area contributed by atoms with Crippen molar-refractivity contribution in [2.45, 2.75) is 39.3 Å². The lowest BCUT2D eigenvalue weighted by Gasteiger charge is -2.28. The summed E-state index contributed by atoms with van der Waals surface area (Å²) in [6.07, 6.45) is 0.649. The monoisotopic (exact) mass is 383 g/mol. The van der Waals surface area contributed by atoms with E-state index in [1.807, 2.05) is 39.0 Å². The largest absolute Gasteiger partial charge is 0.447 e. The lowest BCUT2D eigenvalue weighted by molar-refractivity contribution is 0.0924. The third kappa shape index (κ3) is 4.14. The average molecular weight is 383 g/mol. The molecule has 0 aliphatic carbocycles. The second-order valence-electron chi connectivity index (χ2n) is 7.75. The highest BCUT2D eigenvalue weighted by atomic mass is 16.6. The molecule has 1 fully saturated rings. The van der Waals surface area contributed by atoms with Crippen molar-refractivity contribution in [3.63, 3.8) is 0 Å². The summed E-state index contributed by atoms with van der Waals surface area (Å²) >= 11 is 0. The summed E-state index contributed by atoms with van der Waals surface area (Å²) in [7, 11) is 0. The summed E-state index contributed by atoms with van der Waals surface area (Å²) < 4.78 is 5.21. The van der Waals surface area contributed by atoms with Crippen molar-refractivity contribution in [1.29, 1.82) is 0 Å². The van der Waals surface area contributed by atoms with Crippen molar-refractivity contribution in [2.24, 2.45) is 0 Å². The molecule has 7 heteroatoms. The Hall–Kier alpha value is -2.93. The van der Waals surface area contributed by atoms with Crippen LogP contribution in [0.25, 0.3) is 11.3 Å². The normalized spacial score (nSPS) is 16.6. The predicted molar refractivity (Wildman–Crippen MR) is 106 cm³/mol. The van der Waals surface area contributed by atoms with Crippen LogP contribution in [0.3, 0.4) is 0 Å². The fourth-order valence-corrected chi connectivity index (χ4v) is 3.07. The lowest BCUT2D eigenvalue weighted by Crippen LogP contribution is -2.42. The molecule has 1 saturated heterocycles. The SMILES string of the molecule is Cc1ccc(-c2cc(C(=O)NC[C@H](C)O)cc(N3C(=O)OCC3(C)C)c2)nc1. The van der Waals surface area contributed by atoms with Gasteiger partial charge in [-0.2, -0.15) is 0 Å². The molecule has 2 N–H and O–H groups in total. The van der Waals surface area contributed by atoms with E-state index in [0.717, 1.165) is 11.1 Å². The molecule has 0 unspecified atom stereocenters. The van der Waals surface area contributed by atoms with Gasteiger partial charge in [0.15, 0.2) is 0 Å². The summed E-state index contributed by atoms with van der Waals surface area (Å²) in [6.45, 7) is 7.76. The van der Waals surface area contributed by atoms with E-state index < -0.39 is 17.7 Å². The molecule has 28 heavy (non-hydrogen) atoms. The number of aliphatic hydroxyl groups excluding tert-OH is 1. The van der Waals surface area contributed by atoms with Crippen LogP contribution in [-0.2, 0) is 4.74 Å². The molecule has 2 aromatic rings. The maximum Gasteiger partial charge on any atom is 0.414 e. The van der Waals surface area contributed by atoms with Gasteiger partial charge in [0.1, 0.15) is 6.61 Å². The minimum Gasteiger partial charge on any atom is -0.447 e. The molecule has 0 bridgehead atoms. The van der Waals surface area contributed by atoms with Crippen LogP contribution in [0.1, 0.15) is 36.7 Å². The molecule has 1 aromatic heterocycles. The zero-order valence-electron chi connectivity index (χ0n) is 16.5. The van der Waals surface area contributed by atoms with Gasteiger partial charge in [-0.15, -0.1) is 0 Å². The van der Waals surface area contributed by atoms with E-state index in [9.17, 15) is 14.7 Å². The van der Waals surface area contributed by atoms with Gasteiger partial charge in [0.2, 0.25) is 0 Å². The maximum absolute atomic E-state index is 12.6. The molecule has 7 nitrogen and oxygen atoms in total. The van der Waals surface area contributed by atoms with Crippen LogP contribution in [0.2, 0.25) is 0 Å². The molecule has 1 aliphatic heterocycles. The molecule has 1 atom stereocenters. The van der Waals surface area contributed by atoms with Crippen LogP contribution in [-0.4, -0.2) is 46.9 Å². The highest BCUT2D eigenvalue weighted by Gasteiger charge is 2.41. The first-order valence-electron chi connectivity index (χ1n) is 9.19. The zero-order chi connectivity index (χ0) is 20.5. The van der Waals surface area contributed by atoms with Crippen molar-refractivity contribution in [3.05, 3.63) is 47.7 Å². The topological polar surface area (TPSA) is 91.8 Å². The van der Waals surface area contributed by atoms with Gasteiger partial charge in [0, 0.05) is 29.6 Å². The van der Waals surface area contributed by atoms with Gasteiger partial charge in [-0.3, -0.25) is 14.7 Å². The van der Waals surface area contributed by atoms with Crippen LogP contribution in [0.4, 0.5) is 10.5 Å². The Kier molecular flexibility index (Phi) is 5.38. The maximum atomic E-state index is 12.6. The molecule has 0 radical (unpaired) electrons. The molecule has 148 valence electrons. The molecule has 0 spiro atoms. The summed E-state index contributed by atoms with van der Waals surface area (Å²) in [5, 5.41) is 12.1. The minimum absolute atomic E-state index is 0.137. The lowest BCUT2D eigenvalue weighted by atomic mass is 10.0. The number of nitrogens with one attached hydrogen (secondary N) is 1. The van der Waals surface area contributed by atoms with E-state index in [0.29, 0.717) is 16.9 Å². The summed E-state index contributed by atoms with van der Waals surface area (Å²) in [5.74, 6) is -0.332. The highest BCUT2D eigenvalue weighted by Crippen LogP contribution is 2.34. The fourth-order valence-electron chi connectivity index (χ4n) is 3.07. The molecular weight excluding hydrogens is 358 g/mol. The second-order valence-corrected chi connectivity index (χ2v) is 7.75. The van der Waals surface area contributed by atoms with Crippen LogP contribution in [0, 0.1) is 6.92 Å². The Balaban J connectivity index is 2.07. The molecule has 1 aromatic carbocycles. The molecular formula is C21H25N3O4. The Morgan fingerprint density at radius 1 is 1.36 bits per heavy atom. The quantitative estimate of drug-likeness (QED) is 0.828. The molecule has 3 rings (SSSR count). The van der Waals surface area contributed by atoms with Crippen molar-refractivity contribution in [3.8, 4) is 11.3 Å². The summed E-state index contributed by atoms with van der Waals surface area (Å²) in [6, 6.07) is 9.03. The van der Waals surface area contributed by atoms with Crippen molar-refractivity contribution >= 4 is 17.7 Å². The van der Waals surface area contributed by atoms with E-state index in [1.165, 1.54) is 0 Å². The minimum atomic E-state index is -0.655. The third-order valence-electron chi connectivity index (χ3n) is 4.54. The third-order valence-corrected chi connectivity index (χ3v) is 4.54. The van der Waals surface area contributed by atoms with Gasteiger partial charge < -0.3 is 15.2 Å². The number of carbonyl (C=O) groups is 2. The first kappa shape index (κ1) is 19.8. The van der Waals surface area contributed by atoms with E-state index in [4.69, 9.17) is 4.74 Å². The molecule has 1 aliphatic rings. The van der Waals surface area contributed by atoms with Crippen LogP contribution in [0.15, 0.2) is 36.5 Å². The number of carbonyl (C=O) groups excluding carboxylic acids is 2. The molecule has 2 amide bonds. The highest BCUT2D eigenvalue weighted by molar-refractivity contribution is 5.99.